The lowest BCUT2D eigenvalue weighted by molar-refractivity contribution is 0.197. The second kappa shape index (κ2) is 6.66. The van der Waals surface area contributed by atoms with Crippen molar-refractivity contribution in [2.75, 3.05) is 32.9 Å². The highest BCUT2D eigenvalue weighted by Gasteiger charge is 2.15. The molecule has 1 aromatic rings. The first kappa shape index (κ1) is 13.2. The van der Waals surface area contributed by atoms with Crippen molar-refractivity contribution in [3.8, 4) is 5.75 Å². The van der Waals surface area contributed by atoms with Crippen molar-refractivity contribution in [1.82, 2.24) is 15.2 Å². The summed E-state index contributed by atoms with van der Waals surface area (Å²) < 4.78 is 17.1. The molecule has 4 nitrogen and oxygen atoms in total. The summed E-state index contributed by atoms with van der Waals surface area (Å²) in [7, 11) is 0. The molecule has 1 fully saturated rings. The average molecular weight is 253 g/mol. The number of piperazine rings is 1. The van der Waals surface area contributed by atoms with Crippen molar-refractivity contribution in [3.05, 3.63) is 24.0 Å². The fraction of sp³-hybridized carbons (Fsp3) is 0.615. The van der Waals surface area contributed by atoms with Crippen LogP contribution in [-0.4, -0.2) is 48.8 Å². The Balaban J connectivity index is 1.85. The number of hydrogen-bond donors (Lipinski definition) is 1. The number of nitrogens with zero attached hydrogens (tertiary/aromatic N) is 2. The van der Waals surface area contributed by atoms with Crippen LogP contribution in [0.1, 0.15) is 12.6 Å². The van der Waals surface area contributed by atoms with Crippen LogP contribution >= 0.6 is 0 Å². The Morgan fingerprint density at radius 2 is 2.44 bits per heavy atom. The zero-order valence-electron chi connectivity index (χ0n) is 10.7. The number of halogens is 1. The lowest BCUT2D eigenvalue weighted by atomic mass is 10.2. The van der Waals surface area contributed by atoms with E-state index in [-0.39, 0.29) is 6.61 Å². The lowest BCUT2D eigenvalue weighted by Gasteiger charge is -2.31. The maximum absolute atomic E-state index is 11.9. The minimum atomic E-state index is -0.472. The van der Waals surface area contributed by atoms with Crippen LogP contribution in [0.15, 0.2) is 18.3 Å². The van der Waals surface area contributed by atoms with Gasteiger partial charge in [0.05, 0.1) is 11.9 Å². The van der Waals surface area contributed by atoms with E-state index in [4.69, 9.17) is 4.74 Å². The van der Waals surface area contributed by atoms with Gasteiger partial charge in [-0.25, -0.2) is 4.39 Å². The Morgan fingerprint density at radius 1 is 1.56 bits per heavy atom. The largest absolute Gasteiger partial charge is 0.489 e. The summed E-state index contributed by atoms with van der Waals surface area (Å²) in [5, 5.41) is 3.41. The molecule has 1 N–H and O–H groups in total. The Bertz CT molecular complexity index is 358. The van der Waals surface area contributed by atoms with E-state index in [1.807, 2.05) is 12.1 Å². The Kier molecular flexibility index (Phi) is 4.90. The second-order valence-corrected chi connectivity index (χ2v) is 4.61. The van der Waals surface area contributed by atoms with Gasteiger partial charge in [-0.3, -0.25) is 9.88 Å². The number of alkyl halides is 1. The van der Waals surface area contributed by atoms with Crippen LogP contribution < -0.4 is 10.1 Å². The zero-order valence-corrected chi connectivity index (χ0v) is 10.7. The molecule has 18 heavy (non-hydrogen) atoms. The number of aromatic nitrogens is 1. The Labute approximate surface area is 107 Å². The molecule has 5 heteroatoms. The SMILES string of the molecule is CC1CN(Cc2ccc(OCCF)cn2)CCN1. The van der Waals surface area contributed by atoms with Gasteiger partial charge in [0.15, 0.2) is 0 Å². The van der Waals surface area contributed by atoms with Crippen LogP contribution in [-0.2, 0) is 6.54 Å². The van der Waals surface area contributed by atoms with Crippen LogP contribution in [0.5, 0.6) is 5.75 Å². The van der Waals surface area contributed by atoms with E-state index < -0.39 is 6.67 Å². The second-order valence-electron chi connectivity index (χ2n) is 4.61. The van der Waals surface area contributed by atoms with Crippen LogP contribution in [0.2, 0.25) is 0 Å². The van der Waals surface area contributed by atoms with Gasteiger partial charge >= 0.3 is 0 Å². The third kappa shape index (κ3) is 3.92. The smallest absolute Gasteiger partial charge is 0.137 e. The predicted molar refractivity (Wildman–Crippen MR) is 68.4 cm³/mol. The van der Waals surface area contributed by atoms with Crippen molar-refractivity contribution >= 4 is 0 Å². The van der Waals surface area contributed by atoms with E-state index in [2.05, 4.69) is 22.1 Å². The molecule has 0 spiro atoms. The quantitative estimate of drug-likeness (QED) is 0.856. The van der Waals surface area contributed by atoms with E-state index >= 15 is 0 Å². The molecule has 0 aliphatic carbocycles. The molecule has 0 radical (unpaired) electrons. The van der Waals surface area contributed by atoms with Gasteiger partial charge in [-0.2, -0.15) is 0 Å². The summed E-state index contributed by atoms with van der Waals surface area (Å²) in [6.45, 7) is 5.78. The van der Waals surface area contributed by atoms with Gasteiger partial charge in [-0.1, -0.05) is 0 Å². The topological polar surface area (TPSA) is 37.4 Å². The standard InChI is InChI=1S/C13H20FN3O/c1-11-9-17(6-5-15-11)10-12-2-3-13(8-16-12)18-7-4-14/h2-3,8,11,15H,4-7,9-10H2,1H3. The molecule has 0 aromatic carbocycles. The van der Waals surface area contributed by atoms with Crippen molar-refractivity contribution in [2.45, 2.75) is 19.5 Å². The molecular weight excluding hydrogens is 233 g/mol. The van der Waals surface area contributed by atoms with E-state index in [1.165, 1.54) is 0 Å². The molecule has 1 aromatic heterocycles. The number of ether oxygens (including phenoxy) is 1. The first-order valence-electron chi connectivity index (χ1n) is 6.37. The van der Waals surface area contributed by atoms with Crippen LogP contribution in [0.25, 0.3) is 0 Å². The van der Waals surface area contributed by atoms with Gasteiger partial charge in [0.25, 0.3) is 0 Å². The summed E-state index contributed by atoms with van der Waals surface area (Å²) in [6.07, 6.45) is 1.66. The summed E-state index contributed by atoms with van der Waals surface area (Å²) in [6, 6.07) is 4.33. The zero-order chi connectivity index (χ0) is 12.8. The Morgan fingerprint density at radius 3 is 3.11 bits per heavy atom. The number of pyridine rings is 1. The van der Waals surface area contributed by atoms with Gasteiger partial charge in [0.1, 0.15) is 19.0 Å². The Hall–Kier alpha value is -1.20. The van der Waals surface area contributed by atoms with Crippen LogP contribution in [0.4, 0.5) is 4.39 Å². The molecule has 1 saturated heterocycles. The first-order valence-corrected chi connectivity index (χ1v) is 6.37. The van der Waals surface area contributed by atoms with E-state index in [0.717, 1.165) is 31.9 Å². The molecule has 0 saturated carbocycles. The monoisotopic (exact) mass is 253 g/mol. The number of nitrogens with one attached hydrogen (secondary N) is 1. The third-order valence-electron chi connectivity index (χ3n) is 2.98. The fourth-order valence-corrected chi connectivity index (χ4v) is 2.13. The highest BCUT2D eigenvalue weighted by molar-refractivity contribution is 5.19. The molecule has 1 atom stereocenters. The summed E-state index contributed by atoms with van der Waals surface area (Å²) in [5.74, 6) is 0.630. The predicted octanol–water partition coefficient (Wildman–Crippen LogP) is 1.22. The van der Waals surface area contributed by atoms with Gasteiger partial charge in [-0.05, 0) is 19.1 Å². The highest BCUT2D eigenvalue weighted by Crippen LogP contribution is 2.11. The van der Waals surface area contributed by atoms with E-state index in [9.17, 15) is 4.39 Å². The van der Waals surface area contributed by atoms with Crippen molar-refractivity contribution in [3.63, 3.8) is 0 Å². The number of rotatable bonds is 5. The summed E-state index contributed by atoms with van der Waals surface area (Å²) >= 11 is 0. The van der Waals surface area contributed by atoms with Gasteiger partial charge in [0, 0.05) is 32.2 Å². The van der Waals surface area contributed by atoms with Crippen molar-refractivity contribution in [1.29, 1.82) is 0 Å². The molecule has 0 bridgehead atoms. The minimum Gasteiger partial charge on any atom is -0.489 e. The highest BCUT2D eigenvalue weighted by atomic mass is 19.1. The summed E-state index contributed by atoms with van der Waals surface area (Å²) in [4.78, 5) is 6.72. The molecule has 0 amide bonds. The fourth-order valence-electron chi connectivity index (χ4n) is 2.13. The third-order valence-corrected chi connectivity index (χ3v) is 2.98. The van der Waals surface area contributed by atoms with Gasteiger partial charge < -0.3 is 10.1 Å². The molecule has 100 valence electrons. The molecule has 1 aliphatic rings. The number of hydrogen-bond acceptors (Lipinski definition) is 4. The molecule has 1 aliphatic heterocycles. The maximum Gasteiger partial charge on any atom is 0.137 e. The molecule has 2 heterocycles. The first-order chi connectivity index (χ1) is 8.78. The average Bonchev–Trinajstić information content (AvgIpc) is 2.38. The van der Waals surface area contributed by atoms with Gasteiger partial charge in [0.2, 0.25) is 0 Å². The molecule has 2 rings (SSSR count). The summed E-state index contributed by atoms with van der Waals surface area (Å²) in [5.41, 5.74) is 1.02. The van der Waals surface area contributed by atoms with Gasteiger partial charge in [-0.15, -0.1) is 0 Å². The minimum absolute atomic E-state index is 0.0936. The molecule has 1 unspecified atom stereocenters. The lowest BCUT2D eigenvalue weighted by Crippen LogP contribution is -2.48. The molecular formula is C13H20FN3O. The maximum atomic E-state index is 11.9. The van der Waals surface area contributed by atoms with Crippen molar-refractivity contribution in [2.24, 2.45) is 0 Å². The van der Waals surface area contributed by atoms with Crippen LogP contribution in [0.3, 0.4) is 0 Å². The van der Waals surface area contributed by atoms with Crippen LogP contribution in [0, 0.1) is 0 Å². The normalized spacial score (nSPS) is 20.9. The van der Waals surface area contributed by atoms with E-state index in [0.29, 0.717) is 11.8 Å². The van der Waals surface area contributed by atoms with E-state index in [1.54, 1.807) is 6.20 Å². The van der Waals surface area contributed by atoms with Crippen molar-refractivity contribution < 1.29 is 9.13 Å².